The first-order valence-corrected chi connectivity index (χ1v) is 15.6. The summed E-state index contributed by atoms with van der Waals surface area (Å²) in [5.74, 6) is -3.09. The van der Waals surface area contributed by atoms with Crippen molar-refractivity contribution in [2.24, 2.45) is 0 Å². The van der Waals surface area contributed by atoms with Crippen molar-refractivity contribution >= 4 is 0 Å². The Morgan fingerprint density at radius 2 is 1.39 bits per heavy atom. The lowest BCUT2D eigenvalue weighted by atomic mass is 9.82. The minimum atomic E-state index is -5.03. The minimum Gasteiger partial charge on any atom is -0.403 e. The fraction of sp³-hybridized carbons (Fsp3) is 0.486. The molecule has 0 spiro atoms. The summed E-state index contributed by atoms with van der Waals surface area (Å²) in [6.45, 7) is 2.20. The monoisotopic (exact) mass is 654 g/mol. The summed E-state index contributed by atoms with van der Waals surface area (Å²) in [7, 11) is 0. The van der Waals surface area contributed by atoms with E-state index in [4.69, 9.17) is 14.2 Å². The molecule has 2 fully saturated rings. The van der Waals surface area contributed by atoms with E-state index in [0.29, 0.717) is 31.2 Å². The number of hydrogen-bond donors (Lipinski definition) is 0. The van der Waals surface area contributed by atoms with Gasteiger partial charge < -0.3 is 18.9 Å². The molecule has 1 saturated heterocycles. The van der Waals surface area contributed by atoms with Crippen molar-refractivity contribution in [1.29, 1.82) is 0 Å². The molecular weight excluding hydrogens is 617 g/mol. The quantitative estimate of drug-likeness (QED) is 0.152. The van der Waals surface area contributed by atoms with Gasteiger partial charge in [-0.2, -0.15) is 8.78 Å². The van der Waals surface area contributed by atoms with Crippen molar-refractivity contribution in [3.05, 3.63) is 100 Å². The highest BCUT2D eigenvalue weighted by Gasteiger charge is 2.38. The Labute approximate surface area is 263 Å². The summed E-state index contributed by atoms with van der Waals surface area (Å²) in [6.07, 6.45) is -3.96. The van der Waals surface area contributed by atoms with Gasteiger partial charge in [-0.15, -0.1) is 13.2 Å². The highest BCUT2D eigenvalue weighted by atomic mass is 19.4. The summed E-state index contributed by atoms with van der Waals surface area (Å²) in [5.41, 5.74) is 2.18. The topological polar surface area (TPSA) is 36.9 Å². The highest BCUT2D eigenvalue weighted by Crippen LogP contribution is 2.40. The lowest BCUT2D eigenvalue weighted by Crippen LogP contribution is -2.29. The highest BCUT2D eigenvalue weighted by molar-refractivity contribution is 5.32. The molecule has 0 amide bonds. The SMILES string of the molecule is CCCCCc1ccc(C(F)(F)OC2CCC(c3ccc(C4COC(c5ccc(OC(F)(F)F)c(F)c5)OC4)c(F)c3)CC2)cc1. The number of benzene rings is 3. The number of unbranched alkanes of at least 4 members (excludes halogenated alkanes) is 2. The summed E-state index contributed by atoms with van der Waals surface area (Å²) < 4.78 is 117. The van der Waals surface area contributed by atoms with E-state index < -0.39 is 48.2 Å². The summed E-state index contributed by atoms with van der Waals surface area (Å²) >= 11 is 0. The van der Waals surface area contributed by atoms with Gasteiger partial charge >= 0.3 is 12.5 Å². The van der Waals surface area contributed by atoms with Gasteiger partial charge in [-0.25, -0.2) is 8.78 Å². The van der Waals surface area contributed by atoms with Crippen molar-refractivity contribution in [2.75, 3.05) is 13.2 Å². The van der Waals surface area contributed by atoms with E-state index in [1.165, 1.54) is 24.3 Å². The van der Waals surface area contributed by atoms with Gasteiger partial charge in [0, 0.05) is 11.5 Å². The van der Waals surface area contributed by atoms with Crippen molar-refractivity contribution in [3.8, 4) is 5.75 Å². The van der Waals surface area contributed by atoms with Crippen LogP contribution in [0.15, 0.2) is 60.7 Å². The maximum atomic E-state index is 15.3. The van der Waals surface area contributed by atoms with E-state index in [2.05, 4.69) is 11.7 Å². The number of aryl methyl sites for hydroxylation is 1. The summed E-state index contributed by atoms with van der Waals surface area (Å²) in [5, 5.41) is 0. The molecule has 0 N–H and O–H groups in total. The lowest BCUT2D eigenvalue weighted by molar-refractivity contribution is -0.277. The van der Waals surface area contributed by atoms with Crippen LogP contribution < -0.4 is 4.74 Å². The summed E-state index contributed by atoms with van der Waals surface area (Å²) in [6, 6.07) is 14.2. The van der Waals surface area contributed by atoms with Crippen molar-refractivity contribution in [2.45, 2.75) is 95.0 Å². The second-order valence-electron chi connectivity index (χ2n) is 12.0. The fourth-order valence-electron chi connectivity index (χ4n) is 6.11. The van der Waals surface area contributed by atoms with Crippen LogP contribution in [0.3, 0.4) is 0 Å². The minimum absolute atomic E-state index is 0.00172. The predicted octanol–water partition coefficient (Wildman–Crippen LogP) is 10.2. The van der Waals surface area contributed by atoms with Crippen LogP contribution in [0.4, 0.5) is 30.7 Å². The zero-order valence-corrected chi connectivity index (χ0v) is 25.4. The van der Waals surface area contributed by atoms with E-state index in [-0.39, 0.29) is 30.3 Å². The fourth-order valence-corrected chi connectivity index (χ4v) is 6.11. The molecule has 3 aromatic rings. The van der Waals surface area contributed by atoms with Crippen molar-refractivity contribution < 1.29 is 49.7 Å². The third-order valence-corrected chi connectivity index (χ3v) is 8.63. The van der Waals surface area contributed by atoms with Crippen molar-refractivity contribution in [1.82, 2.24) is 0 Å². The maximum Gasteiger partial charge on any atom is 0.573 e. The molecule has 5 rings (SSSR count). The molecule has 11 heteroatoms. The van der Waals surface area contributed by atoms with E-state index in [0.717, 1.165) is 48.9 Å². The predicted molar refractivity (Wildman–Crippen MR) is 157 cm³/mol. The van der Waals surface area contributed by atoms with Gasteiger partial charge in [-0.05, 0) is 79.3 Å². The maximum absolute atomic E-state index is 15.3. The molecule has 0 atom stereocenters. The average molecular weight is 655 g/mol. The Morgan fingerprint density at radius 3 is 2.00 bits per heavy atom. The Balaban J connectivity index is 1.11. The number of alkyl halides is 5. The number of rotatable bonds is 11. The van der Waals surface area contributed by atoms with Crippen LogP contribution in [0.2, 0.25) is 0 Å². The van der Waals surface area contributed by atoms with Gasteiger partial charge in [-0.3, -0.25) is 0 Å². The zero-order chi connectivity index (χ0) is 32.9. The second-order valence-corrected chi connectivity index (χ2v) is 12.0. The second kappa shape index (κ2) is 14.7. The Bertz CT molecular complexity index is 1430. The van der Waals surface area contributed by atoms with Gasteiger partial charge in [0.15, 0.2) is 17.9 Å². The molecule has 1 saturated carbocycles. The first-order valence-electron chi connectivity index (χ1n) is 15.6. The molecule has 3 aromatic carbocycles. The van der Waals surface area contributed by atoms with Gasteiger partial charge in [0.25, 0.3) is 0 Å². The van der Waals surface area contributed by atoms with Gasteiger partial charge in [-0.1, -0.05) is 62.2 Å². The van der Waals surface area contributed by atoms with Crippen LogP contribution >= 0.6 is 0 Å². The number of hydrogen-bond acceptors (Lipinski definition) is 4. The Morgan fingerprint density at radius 1 is 0.739 bits per heavy atom. The first kappa shape index (κ1) is 34.2. The van der Waals surface area contributed by atoms with Crippen LogP contribution in [0.5, 0.6) is 5.75 Å². The lowest BCUT2D eigenvalue weighted by Gasteiger charge is -2.32. The van der Waals surface area contributed by atoms with Crippen molar-refractivity contribution in [3.63, 3.8) is 0 Å². The molecule has 1 aliphatic carbocycles. The smallest absolute Gasteiger partial charge is 0.403 e. The molecule has 2 aliphatic rings. The third kappa shape index (κ3) is 8.80. The summed E-state index contributed by atoms with van der Waals surface area (Å²) in [4.78, 5) is 0. The van der Waals surface area contributed by atoms with Crippen LogP contribution in [0.25, 0.3) is 0 Å². The Kier molecular flexibility index (Phi) is 11.0. The third-order valence-electron chi connectivity index (χ3n) is 8.63. The molecule has 0 radical (unpaired) electrons. The molecule has 46 heavy (non-hydrogen) atoms. The molecule has 1 aliphatic heterocycles. The molecule has 1 heterocycles. The molecule has 0 bridgehead atoms. The van der Waals surface area contributed by atoms with E-state index >= 15 is 4.39 Å². The normalized spacial score (nSPS) is 22.5. The van der Waals surface area contributed by atoms with Crippen LogP contribution in [-0.2, 0) is 26.7 Å². The number of ether oxygens (including phenoxy) is 4. The largest absolute Gasteiger partial charge is 0.573 e. The zero-order valence-electron chi connectivity index (χ0n) is 25.4. The van der Waals surface area contributed by atoms with Crippen LogP contribution in [0, 0.1) is 11.6 Å². The molecule has 0 aromatic heterocycles. The van der Waals surface area contributed by atoms with Crippen LogP contribution in [0.1, 0.15) is 97.8 Å². The average Bonchev–Trinajstić information content (AvgIpc) is 3.02. The first-order chi connectivity index (χ1) is 21.9. The van der Waals surface area contributed by atoms with E-state index in [1.807, 2.05) is 6.07 Å². The molecule has 250 valence electrons. The van der Waals surface area contributed by atoms with E-state index in [9.17, 15) is 26.3 Å². The van der Waals surface area contributed by atoms with Gasteiger partial charge in [0.1, 0.15) is 5.82 Å². The molecule has 0 unspecified atom stereocenters. The molecular formula is C35H37F7O4. The van der Waals surface area contributed by atoms with Gasteiger partial charge in [0.05, 0.1) is 24.9 Å². The molecule has 4 nitrogen and oxygen atoms in total. The van der Waals surface area contributed by atoms with E-state index in [1.54, 1.807) is 18.2 Å². The number of halogens is 7. The van der Waals surface area contributed by atoms with Gasteiger partial charge in [0.2, 0.25) is 0 Å². The Hall–Kier alpha value is -3.15. The standard InChI is InChI=1S/C35H37F7O4/c1-2-3-4-5-22-6-12-27(13-7-22)34(38,39)45-28-14-8-23(9-15-28)24-10-16-29(30(36)18-24)26-20-43-33(44-21-26)25-11-17-32(31(37)19-25)46-35(40,41)42/h6-7,10-13,16-19,23,26,28,33H,2-5,8-9,14-15,20-21H2,1H3. The van der Waals surface area contributed by atoms with Crippen LogP contribution in [-0.4, -0.2) is 25.7 Å².